The van der Waals surface area contributed by atoms with Gasteiger partial charge in [-0.15, -0.1) is 0 Å². The molecule has 3 amide bonds. The minimum absolute atomic E-state index is 0.319. The fraction of sp³-hybridized carbons (Fsp3) is 0.0294. The lowest BCUT2D eigenvalue weighted by Gasteiger charge is -2.35. The summed E-state index contributed by atoms with van der Waals surface area (Å²) in [6.45, 7) is 0. The van der Waals surface area contributed by atoms with Gasteiger partial charge in [-0.1, -0.05) is 78.9 Å². The zero-order chi connectivity index (χ0) is 27.1. The molecule has 6 heteroatoms. The molecule has 6 aromatic carbocycles. The highest BCUT2D eigenvalue weighted by Crippen LogP contribution is 2.44. The van der Waals surface area contributed by atoms with E-state index in [1.807, 2.05) is 78.9 Å². The molecule has 1 unspecified atom stereocenters. The summed E-state index contributed by atoms with van der Waals surface area (Å²) in [4.78, 5) is 44.0. The fourth-order valence-electron chi connectivity index (χ4n) is 6.31. The lowest BCUT2D eigenvalue weighted by molar-refractivity contribution is 0.0871. The van der Waals surface area contributed by atoms with E-state index < -0.39 is 18.0 Å². The normalized spacial score (nSPS) is 16.4. The molecule has 190 valence electrons. The molecule has 0 spiro atoms. The van der Waals surface area contributed by atoms with E-state index in [1.54, 1.807) is 30.3 Å². The van der Waals surface area contributed by atoms with Crippen LogP contribution < -0.4 is 9.80 Å². The van der Waals surface area contributed by atoms with E-state index in [0.29, 0.717) is 49.8 Å². The maximum Gasteiger partial charge on any atom is 0.266 e. The van der Waals surface area contributed by atoms with Gasteiger partial charge < -0.3 is 5.11 Å². The SMILES string of the molecule is O=C1c2cccc3cccc(c23)C(=O)N1c1ccc(N2C(=O)c3cccc4cccc(c34)C2O)c2ccccc12. The molecule has 2 aliphatic rings. The third-order valence-electron chi connectivity index (χ3n) is 8.06. The lowest BCUT2D eigenvalue weighted by atomic mass is 9.92. The third kappa shape index (κ3) is 2.88. The van der Waals surface area contributed by atoms with Crippen LogP contribution in [0.1, 0.15) is 42.9 Å². The average molecular weight is 521 g/mol. The molecule has 0 bridgehead atoms. The number of aliphatic hydroxyl groups excluding tert-OH is 1. The number of hydrogen-bond donors (Lipinski definition) is 1. The molecule has 1 atom stereocenters. The van der Waals surface area contributed by atoms with Crippen LogP contribution in [-0.2, 0) is 0 Å². The molecule has 0 fully saturated rings. The first-order chi connectivity index (χ1) is 19.5. The largest absolute Gasteiger partial charge is 0.369 e. The van der Waals surface area contributed by atoms with Crippen molar-refractivity contribution < 1.29 is 19.5 Å². The Bertz CT molecular complexity index is 2060. The topological polar surface area (TPSA) is 77.9 Å². The molecular weight excluding hydrogens is 500 g/mol. The predicted molar refractivity (Wildman–Crippen MR) is 155 cm³/mol. The molecule has 1 N–H and O–H groups in total. The fourth-order valence-corrected chi connectivity index (χ4v) is 6.31. The third-order valence-corrected chi connectivity index (χ3v) is 8.06. The summed E-state index contributed by atoms with van der Waals surface area (Å²) in [5.74, 6) is -1.12. The van der Waals surface area contributed by atoms with Gasteiger partial charge in [0.15, 0.2) is 6.23 Å². The van der Waals surface area contributed by atoms with Crippen molar-refractivity contribution in [2.24, 2.45) is 0 Å². The number of aliphatic hydroxyl groups is 1. The number of rotatable bonds is 2. The first kappa shape index (κ1) is 22.6. The van der Waals surface area contributed by atoms with Crippen LogP contribution in [0.5, 0.6) is 0 Å². The van der Waals surface area contributed by atoms with Crippen LogP contribution in [0.2, 0.25) is 0 Å². The van der Waals surface area contributed by atoms with Gasteiger partial charge in [-0.25, -0.2) is 4.90 Å². The van der Waals surface area contributed by atoms with Crippen molar-refractivity contribution in [1.82, 2.24) is 0 Å². The van der Waals surface area contributed by atoms with E-state index in [1.165, 1.54) is 9.80 Å². The predicted octanol–water partition coefficient (Wildman–Crippen LogP) is 6.60. The molecule has 6 aromatic rings. The summed E-state index contributed by atoms with van der Waals surface area (Å²) in [6, 6.07) is 32.8. The number of carbonyl (C=O) groups is 3. The number of fused-ring (bicyclic) bond motifs is 1. The van der Waals surface area contributed by atoms with Crippen LogP contribution in [0.25, 0.3) is 32.3 Å². The number of nitrogens with zero attached hydrogens (tertiary/aromatic N) is 2. The molecule has 0 saturated heterocycles. The zero-order valence-corrected chi connectivity index (χ0v) is 21.0. The second-order valence-electron chi connectivity index (χ2n) is 10.1. The molecule has 2 heterocycles. The number of hydrogen-bond acceptors (Lipinski definition) is 4. The number of anilines is 2. The van der Waals surface area contributed by atoms with Crippen molar-refractivity contribution in [3.63, 3.8) is 0 Å². The van der Waals surface area contributed by atoms with Crippen LogP contribution in [0.3, 0.4) is 0 Å². The Balaban J connectivity index is 1.32. The Morgan fingerprint density at radius 2 is 1.00 bits per heavy atom. The first-order valence-electron chi connectivity index (χ1n) is 13.0. The number of benzene rings is 6. The maximum atomic E-state index is 13.8. The number of imide groups is 1. The number of carbonyl (C=O) groups excluding carboxylic acids is 3. The van der Waals surface area contributed by atoms with E-state index in [4.69, 9.17) is 0 Å². The van der Waals surface area contributed by atoms with Crippen molar-refractivity contribution >= 4 is 61.4 Å². The molecule has 0 aliphatic carbocycles. The van der Waals surface area contributed by atoms with Gasteiger partial charge in [-0.2, -0.15) is 0 Å². The summed E-state index contributed by atoms with van der Waals surface area (Å²) in [5, 5.41) is 15.9. The molecule has 0 saturated carbocycles. The van der Waals surface area contributed by atoms with Gasteiger partial charge in [0, 0.05) is 43.8 Å². The van der Waals surface area contributed by atoms with E-state index in [-0.39, 0.29) is 5.91 Å². The van der Waals surface area contributed by atoms with Crippen molar-refractivity contribution in [3.8, 4) is 0 Å². The Kier molecular flexibility index (Phi) is 4.58. The van der Waals surface area contributed by atoms with Crippen LogP contribution >= 0.6 is 0 Å². The van der Waals surface area contributed by atoms with Gasteiger partial charge in [0.2, 0.25) is 0 Å². The highest BCUT2D eigenvalue weighted by atomic mass is 16.3. The van der Waals surface area contributed by atoms with E-state index in [2.05, 4.69) is 0 Å². The van der Waals surface area contributed by atoms with Gasteiger partial charge in [0.25, 0.3) is 17.7 Å². The molecule has 40 heavy (non-hydrogen) atoms. The quantitative estimate of drug-likeness (QED) is 0.261. The Labute approximate surface area is 228 Å². The Morgan fingerprint density at radius 1 is 0.500 bits per heavy atom. The van der Waals surface area contributed by atoms with Crippen molar-refractivity contribution in [3.05, 3.63) is 131 Å². The second kappa shape index (κ2) is 8.09. The maximum absolute atomic E-state index is 13.8. The van der Waals surface area contributed by atoms with Gasteiger partial charge in [-0.05, 0) is 41.1 Å². The van der Waals surface area contributed by atoms with Crippen molar-refractivity contribution in [2.75, 3.05) is 9.80 Å². The van der Waals surface area contributed by atoms with Gasteiger partial charge >= 0.3 is 0 Å². The molecule has 0 radical (unpaired) electrons. The van der Waals surface area contributed by atoms with Crippen LogP contribution in [0.4, 0.5) is 11.4 Å². The lowest BCUT2D eigenvalue weighted by Crippen LogP contribution is -2.41. The summed E-state index contributed by atoms with van der Waals surface area (Å²) in [5.41, 5.74) is 2.99. The van der Waals surface area contributed by atoms with E-state index >= 15 is 0 Å². The van der Waals surface area contributed by atoms with E-state index in [9.17, 15) is 19.5 Å². The monoisotopic (exact) mass is 520 g/mol. The van der Waals surface area contributed by atoms with Crippen molar-refractivity contribution in [2.45, 2.75) is 6.23 Å². The Hall–Kier alpha value is -5.33. The number of amides is 3. The average Bonchev–Trinajstić information content (AvgIpc) is 2.99. The molecule has 2 aliphatic heterocycles. The van der Waals surface area contributed by atoms with Crippen LogP contribution in [0.15, 0.2) is 109 Å². The van der Waals surface area contributed by atoms with Crippen LogP contribution in [0, 0.1) is 0 Å². The van der Waals surface area contributed by atoms with Crippen LogP contribution in [-0.4, -0.2) is 22.8 Å². The molecule has 0 aromatic heterocycles. The highest BCUT2D eigenvalue weighted by molar-refractivity contribution is 6.37. The zero-order valence-electron chi connectivity index (χ0n) is 21.0. The molecule has 6 nitrogen and oxygen atoms in total. The second-order valence-corrected chi connectivity index (χ2v) is 10.1. The first-order valence-corrected chi connectivity index (χ1v) is 13.0. The van der Waals surface area contributed by atoms with Gasteiger partial charge in [0.1, 0.15) is 0 Å². The van der Waals surface area contributed by atoms with Crippen molar-refractivity contribution in [1.29, 1.82) is 0 Å². The van der Waals surface area contributed by atoms with Gasteiger partial charge in [-0.3, -0.25) is 19.3 Å². The Morgan fingerprint density at radius 3 is 1.62 bits per heavy atom. The smallest absolute Gasteiger partial charge is 0.266 e. The summed E-state index contributed by atoms with van der Waals surface area (Å²) in [6.07, 6.45) is -1.21. The standard InChI is InChI=1S/C34H20N2O4/c37-31-23-13-3-7-19-8-4-14-24(29(19)23)32(38)35(31)27-17-18-28(22-12-2-1-11-21(22)27)36-33(39)25-15-5-9-20-10-6-16-26(30(20)25)34(36)40/h1-18,31,37H. The summed E-state index contributed by atoms with van der Waals surface area (Å²) < 4.78 is 0. The minimum Gasteiger partial charge on any atom is -0.369 e. The highest BCUT2D eigenvalue weighted by Gasteiger charge is 2.37. The van der Waals surface area contributed by atoms with E-state index in [0.717, 1.165) is 16.2 Å². The van der Waals surface area contributed by atoms with Gasteiger partial charge in [0.05, 0.1) is 11.4 Å². The molecular formula is C34H20N2O4. The molecule has 8 rings (SSSR count). The summed E-state index contributed by atoms with van der Waals surface area (Å²) >= 11 is 0. The summed E-state index contributed by atoms with van der Waals surface area (Å²) in [7, 11) is 0. The minimum atomic E-state index is -1.21.